The summed E-state index contributed by atoms with van der Waals surface area (Å²) in [5, 5.41) is 5.53. The number of anilines is 1. The summed E-state index contributed by atoms with van der Waals surface area (Å²) in [5.74, 6) is 1.67. The lowest BCUT2D eigenvalue weighted by Crippen LogP contribution is -2.49. The molecule has 10 heteroatoms. The second kappa shape index (κ2) is 12.9. The highest BCUT2D eigenvalue weighted by Gasteiger charge is 2.25. The van der Waals surface area contributed by atoms with E-state index >= 15 is 0 Å². The van der Waals surface area contributed by atoms with Gasteiger partial charge in [0.1, 0.15) is 17.9 Å². The van der Waals surface area contributed by atoms with Crippen molar-refractivity contribution < 1.29 is 9.53 Å². The molecule has 1 fully saturated rings. The van der Waals surface area contributed by atoms with Crippen LogP contribution in [0.1, 0.15) is 48.9 Å². The van der Waals surface area contributed by atoms with E-state index in [0.29, 0.717) is 44.9 Å². The van der Waals surface area contributed by atoms with Crippen LogP contribution in [0.4, 0.5) is 5.82 Å². The molecule has 4 aromatic rings. The second-order valence-corrected chi connectivity index (χ2v) is 12.1. The van der Waals surface area contributed by atoms with Crippen LogP contribution in [0.2, 0.25) is 0 Å². The van der Waals surface area contributed by atoms with E-state index in [1.54, 1.807) is 6.33 Å². The Bertz CT molecular complexity index is 1490. The second-order valence-electron chi connectivity index (χ2n) is 12.1. The molecule has 1 aromatic carbocycles. The summed E-state index contributed by atoms with van der Waals surface area (Å²) in [5.41, 5.74) is 3.55. The molecular weight excluding hydrogens is 528 g/mol. The quantitative estimate of drug-likeness (QED) is 0.266. The summed E-state index contributed by atoms with van der Waals surface area (Å²) < 4.78 is 7.90. The summed E-state index contributed by atoms with van der Waals surface area (Å²) >= 11 is 0. The molecule has 3 aromatic heterocycles. The summed E-state index contributed by atoms with van der Waals surface area (Å²) in [6, 6.07) is 13.6. The molecule has 0 aliphatic carbocycles. The molecule has 1 amide bonds. The molecule has 0 spiro atoms. The summed E-state index contributed by atoms with van der Waals surface area (Å²) in [6.07, 6.45) is 5.46. The number of aryl methyl sites for hydroxylation is 1. The Kier molecular flexibility index (Phi) is 9.01. The van der Waals surface area contributed by atoms with Gasteiger partial charge in [-0.3, -0.25) is 9.78 Å². The van der Waals surface area contributed by atoms with Gasteiger partial charge in [0.2, 0.25) is 0 Å². The predicted molar refractivity (Wildman–Crippen MR) is 165 cm³/mol. The fraction of sp³-hybridized carbons (Fsp3) is 0.469. The third-order valence-electron chi connectivity index (χ3n) is 7.44. The normalized spacial score (nSPS) is 14.1. The van der Waals surface area contributed by atoms with Crippen LogP contribution in [0.3, 0.4) is 0 Å². The molecule has 5 rings (SSSR count). The topological polar surface area (TPSA) is 92.5 Å². The van der Waals surface area contributed by atoms with Crippen LogP contribution in [0.15, 0.2) is 55.0 Å². The van der Waals surface area contributed by atoms with E-state index in [1.165, 1.54) is 0 Å². The van der Waals surface area contributed by atoms with Gasteiger partial charge in [0.05, 0.1) is 30.4 Å². The highest BCUT2D eigenvalue weighted by Crippen LogP contribution is 2.25. The average Bonchev–Trinajstić information content (AvgIpc) is 3.39. The first-order chi connectivity index (χ1) is 20.2. The maximum absolute atomic E-state index is 13.3. The van der Waals surface area contributed by atoms with Gasteiger partial charge in [-0.15, -0.1) is 0 Å². The van der Waals surface area contributed by atoms with Crippen LogP contribution in [-0.2, 0) is 13.0 Å². The van der Waals surface area contributed by atoms with E-state index in [2.05, 4.69) is 71.9 Å². The van der Waals surface area contributed by atoms with Crippen molar-refractivity contribution in [2.45, 2.75) is 40.2 Å². The van der Waals surface area contributed by atoms with Crippen molar-refractivity contribution in [3.05, 3.63) is 71.9 Å². The van der Waals surface area contributed by atoms with E-state index in [1.807, 2.05) is 46.1 Å². The zero-order chi connectivity index (χ0) is 29.7. The van der Waals surface area contributed by atoms with E-state index < -0.39 is 0 Å². The molecule has 1 aliphatic rings. The van der Waals surface area contributed by atoms with Crippen LogP contribution in [0.25, 0.3) is 11.0 Å². The maximum atomic E-state index is 13.3. The lowest BCUT2D eigenvalue weighted by molar-refractivity contribution is 0.0746. The van der Waals surface area contributed by atoms with Crippen LogP contribution in [0.5, 0.6) is 5.75 Å². The van der Waals surface area contributed by atoms with Gasteiger partial charge in [0, 0.05) is 49.4 Å². The molecule has 0 saturated carbocycles. The van der Waals surface area contributed by atoms with Crippen LogP contribution >= 0.6 is 0 Å². The Hall–Kier alpha value is -4.05. The summed E-state index contributed by atoms with van der Waals surface area (Å²) in [6.45, 7) is 11.2. The number of nitrogens with zero attached hydrogens (tertiary/aromatic N) is 8. The SMILES string of the molecule is CCCc1cccc(Cn2ncc3c(N4CCN(C(=O)c5ccc(OCC(C)(C)CN(C)C)cc5)CC4)ncnc32)n1. The van der Waals surface area contributed by atoms with Gasteiger partial charge in [-0.25, -0.2) is 14.6 Å². The van der Waals surface area contributed by atoms with Gasteiger partial charge in [-0.2, -0.15) is 5.10 Å². The lowest BCUT2D eigenvalue weighted by Gasteiger charge is -2.35. The summed E-state index contributed by atoms with van der Waals surface area (Å²) in [4.78, 5) is 33.5. The van der Waals surface area contributed by atoms with Crippen molar-refractivity contribution in [1.29, 1.82) is 0 Å². The van der Waals surface area contributed by atoms with Gasteiger partial charge in [-0.1, -0.05) is 33.3 Å². The van der Waals surface area contributed by atoms with Crippen LogP contribution in [0, 0.1) is 5.41 Å². The first-order valence-electron chi connectivity index (χ1n) is 14.8. The summed E-state index contributed by atoms with van der Waals surface area (Å²) in [7, 11) is 4.13. The largest absolute Gasteiger partial charge is 0.493 e. The Morgan fingerprint density at radius 3 is 2.45 bits per heavy atom. The maximum Gasteiger partial charge on any atom is 0.253 e. The molecule has 222 valence electrons. The molecule has 4 heterocycles. The van der Waals surface area contributed by atoms with Crippen molar-refractivity contribution in [1.82, 2.24) is 34.5 Å². The first kappa shape index (κ1) is 29.4. The minimum atomic E-state index is 0.0308. The average molecular weight is 571 g/mol. The number of hydrogen-bond donors (Lipinski definition) is 0. The minimum absolute atomic E-state index is 0.0308. The number of piperazine rings is 1. The minimum Gasteiger partial charge on any atom is -0.493 e. The Morgan fingerprint density at radius 1 is 1.00 bits per heavy atom. The number of aromatic nitrogens is 5. The zero-order valence-electron chi connectivity index (χ0n) is 25.5. The van der Waals surface area contributed by atoms with Crippen molar-refractivity contribution in [3.63, 3.8) is 0 Å². The molecule has 0 atom stereocenters. The molecule has 0 N–H and O–H groups in total. The highest BCUT2D eigenvalue weighted by atomic mass is 16.5. The Labute approximate surface area is 248 Å². The van der Waals surface area contributed by atoms with Crippen LogP contribution in [-0.4, -0.2) is 93.9 Å². The molecule has 1 aliphatic heterocycles. The van der Waals surface area contributed by atoms with Crippen molar-refractivity contribution in [3.8, 4) is 5.75 Å². The lowest BCUT2D eigenvalue weighted by atomic mass is 9.94. The van der Waals surface area contributed by atoms with E-state index in [-0.39, 0.29) is 11.3 Å². The third kappa shape index (κ3) is 7.05. The number of carbonyl (C=O) groups is 1. The van der Waals surface area contributed by atoms with E-state index in [0.717, 1.165) is 53.4 Å². The van der Waals surface area contributed by atoms with Crippen LogP contribution < -0.4 is 9.64 Å². The number of pyridine rings is 1. The number of hydrogen-bond acceptors (Lipinski definition) is 8. The molecule has 1 saturated heterocycles. The fourth-order valence-electron chi connectivity index (χ4n) is 5.59. The zero-order valence-corrected chi connectivity index (χ0v) is 25.5. The Balaban J connectivity index is 1.19. The number of benzene rings is 1. The highest BCUT2D eigenvalue weighted by molar-refractivity contribution is 5.94. The Morgan fingerprint density at radius 2 is 1.74 bits per heavy atom. The van der Waals surface area contributed by atoms with Gasteiger partial charge < -0.3 is 19.4 Å². The number of fused-ring (bicyclic) bond motifs is 1. The van der Waals surface area contributed by atoms with Gasteiger partial charge >= 0.3 is 0 Å². The molecule has 10 nitrogen and oxygen atoms in total. The standard InChI is InChI=1S/C32H42N8O2/c1-6-8-25-9-7-10-26(36-25)20-40-30-28(19-35-40)29(33-23-34-30)38-15-17-39(18-16-38)31(41)24-11-13-27(14-12-24)42-22-32(2,3)21-37(4)5/h7,9-14,19,23H,6,8,15-18,20-22H2,1-5H3. The smallest absolute Gasteiger partial charge is 0.253 e. The number of ether oxygens (including phenoxy) is 1. The van der Waals surface area contributed by atoms with E-state index in [9.17, 15) is 4.79 Å². The van der Waals surface area contributed by atoms with Crippen molar-refractivity contribution in [2.75, 3.05) is 58.3 Å². The first-order valence-corrected chi connectivity index (χ1v) is 14.8. The molecule has 42 heavy (non-hydrogen) atoms. The van der Waals surface area contributed by atoms with Gasteiger partial charge in [-0.05, 0) is 56.9 Å². The fourth-order valence-corrected chi connectivity index (χ4v) is 5.59. The van der Waals surface area contributed by atoms with Gasteiger partial charge in [0.15, 0.2) is 5.65 Å². The monoisotopic (exact) mass is 570 g/mol. The van der Waals surface area contributed by atoms with Crippen molar-refractivity contribution >= 4 is 22.8 Å². The number of rotatable bonds is 11. The molecule has 0 unspecified atom stereocenters. The third-order valence-corrected chi connectivity index (χ3v) is 7.44. The molecule has 0 bridgehead atoms. The molecular formula is C32H42N8O2. The van der Waals surface area contributed by atoms with Crippen molar-refractivity contribution in [2.24, 2.45) is 5.41 Å². The van der Waals surface area contributed by atoms with E-state index in [4.69, 9.17) is 9.72 Å². The van der Waals surface area contributed by atoms with Gasteiger partial charge in [0.25, 0.3) is 5.91 Å². The predicted octanol–water partition coefficient (Wildman–Crippen LogP) is 4.15. The number of carbonyl (C=O) groups excluding carboxylic acids is 1. The molecule has 0 radical (unpaired) electrons. The number of amides is 1.